The van der Waals surface area contributed by atoms with Crippen molar-refractivity contribution in [3.63, 3.8) is 0 Å². The zero-order valence-corrected chi connectivity index (χ0v) is 11.9. The maximum atomic E-state index is 13.6. The molecule has 0 fully saturated rings. The minimum Gasteiger partial charge on any atom is -0.431 e. The van der Waals surface area contributed by atoms with Crippen molar-refractivity contribution in [2.75, 3.05) is 0 Å². The molecule has 2 rings (SSSR count). The summed E-state index contributed by atoms with van der Waals surface area (Å²) < 4.78 is 33.3. The molecule has 0 spiro atoms. The fourth-order valence-corrected chi connectivity index (χ4v) is 2.07. The number of aryl methyl sites for hydroxylation is 2. The van der Waals surface area contributed by atoms with E-state index in [4.69, 9.17) is 4.74 Å². The maximum Gasteiger partial charge on any atom is 0.353 e. The summed E-state index contributed by atoms with van der Waals surface area (Å²) in [5.74, 6) is -3.11. The summed E-state index contributed by atoms with van der Waals surface area (Å²) in [5.41, 5.74) is -0.282. The van der Waals surface area contributed by atoms with Gasteiger partial charge < -0.3 is 4.74 Å². The smallest absolute Gasteiger partial charge is 0.353 e. The van der Waals surface area contributed by atoms with Crippen LogP contribution in [0.1, 0.15) is 5.69 Å². The highest BCUT2D eigenvalue weighted by molar-refractivity contribution is 9.10. The zero-order valence-electron chi connectivity index (χ0n) is 10.4. The number of aromatic nitrogens is 2. The lowest BCUT2D eigenvalue weighted by molar-refractivity contribution is -0.386. The van der Waals surface area contributed by atoms with Crippen LogP contribution in [0.4, 0.5) is 14.5 Å². The van der Waals surface area contributed by atoms with E-state index in [0.717, 1.165) is 10.7 Å². The van der Waals surface area contributed by atoms with E-state index in [1.54, 1.807) is 0 Å². The lowest BCUT2D eigenvalue weighted by atomic mass is 10.3. The number of benzene rings is 1. The van der Waals surface area contributed by atoms with Gasteiger partial charge >= 0.3 is 5.69 Å². The molecule has 20 heavy (non-hydrogen) atoms. The molecule has 0 unspecified atom stereocenters. The molecule has 0 bridgehead atoms. The summed E-state index contributed by atoms with van der Waals surface area (Å²) in [6.45, 7) is 1.42. The van der Waals surface area contributed by atoms with Crippen LogP contribution in [0.5, 0.6) is 11.6 Å². The monoisotopic (exact) mass is 347 g/mol. The van der Waals surface area contributed by atoms with Crippen molar-refractivity contribution in [2.24, 2.45) is 7.05 Å². The Morgan fingerprint density at radius 2 is 2.10 bits per heavy atom. The van der Waals surface area contributed by atoms with Gasteiger partial charge in [0.05, 0.1) is 4.92 Å². The van der Waals surface area contributed by atoms with Crippen LogP contribution in [0.15, 0.2) is 16.6 Å². The molecule has 1 aromatic carbocycles. The molecule has 6 nitrogen and oxygen atoms in total. The quantitative estimate of drug-likeness (QED) is 0.484. The van der Waals surface area contributed by atoms with Crippen LogP contribution in [0.3, 0.4) is 0 Å². The Morgan fingerprint density at radius 1 is 1.45 bits per heavy atom. The molecule has 0 saturated heterocycles. The summed E-state index contributed by atoms with van der Waals surface area (Å²) in [4.78, 5) is 10.3. The molecule has 0 saturated carbocycles. The van der Waals surface area contributed by atoms with Crippen LogP contribution in [0, 0.1) is 28.7 Å². The van der Waals surface area contributed by atoms with E-state index in [0.29, 0.717) is 0 Å². The van der Waals surface area contributed by atoms with E-state index in [1.165, 1.54) is 20.0 Å². The largest absolute Gasteiger partial charge is 0.431 e. The molecule has 9 heteroatoms. The Kier molecular flexibility index (Phi) is 3.71. The third-order valence-corrected chi connectivity index (χ3v) is 2.95. The first-order valence-corrected chi connectivity index (χ1v) is 6.11. The molecular weight excluding hydrogens is 340 g/mol. The molecule has 0 radical (unpaired) electrons. The standard InChI is InChI=1S/C11H8BrF2N3O3/c1-5-10(17(18)19)11(16(2)15-5)20-8-4-6(12)3-7(13)9(8)14/h3-4H,1-2H3. The Bertz CT molecular complexity index is 703. The summed E-state index contributed by atoms with van der Waals surface area (Å²) in [6, 6.07) is 2.09. The van der Waals surface area contributed by atoms with Crippen LogP contribution in [0.25, 0.3) is 0 Å². The van der Waals surface area contributed by atoms with Crippen LogP contribution in [-0.4, -0.2) is 14.7 Å². The molecule has 1 aromatic heterocycles. The van der Waals surface area contributed by atoms with E-state index in [9.17, 15) is 18.9 Å². The highest BCUT2D eigenvalue weighted by Gasteiger charge is 2.27. The van der Waals surface area contributed by atoms with Crippen LogP contribution < -0.4 is 4.74 Å². The average Bonchev–Trinajstić information content (AvgIpc) is 2.60. The van der Waals surface area contributed by atoms with Gasteiger partial charge in [0.15, 0.2) is 11.6 Å². The maximum absolute atomic E-state index is 13.6. The van der Waals surface area contributed by atoms with E-state index in [1.807, 2.05) is 0 Å². The molecule has 0 amide bonds. The van der Waals surface area contributed by atoms with Crippen molar-refractivity contribution >= 4 is 21.6 Å². The van der Waals surface area contributed by atoms with E-state index in [-0.39, 0.29) is 16.0 Å². The molecular formula is C11H8BrF2N3O3. The van der Waals surface area contributed by atoms with Gasteiger partial charge in [-0.05, 0) is 19.1 Å². The van der Waals surface area contributed by atoms with Crippen molar-refractivity contribution < 1.29 is 18.4 Å². The van der Waals surface area contributed by atoms with Crippen LogP contribution >= 0.6 is 15.9 Å². The first-order chi connectivity index (χ1) is 9.31. The van der Waals surface area contributed by atoms with Gasteiger partial charge in [-0.3, -0.25) is 10.1 Å². The predicted molar refractivity (Wildman–Crippen MR) is 68.7 cm³/mol. The zero-order chi connectivity index (χ0) is 15.0. The molecule has 2 aromatic rings. The first-order valence-electron chi connectivity index (χ1n) is 5.31. The molecule has 0 aliphatic rings. The summed E-state index contributed by atoms with van der Waals surface area (Å²) in [6.07, 6.45) is 0. The van der Waals surface area contributed by atoms with Crippen molar-refractivity contribution in [1.82, 2.24) is 9.78 Å². The number of hydrogen-bond donors (Lipinski definition) is 0. The highest BCUT2D eigenvalue weighted by Crippen LogP contribution is 2.36. The minimum absolute atomic E-state index is 0.114. The Balaban J connectivity index is 2.53. The van der Waals surface area contributed by atoms with Gasteiger partial charge in [0.25, 0.3) is 5.88 Å². The van der Waals surface area contributed by atoms with Gasteiger partial charge in [-0.1, -0.05) is 15.9 Å². The third kappa shape index (κ3) is 2.48. The third-order valence-electron chi connectivity index (χ3n) is 2.49. The normalized spacial score (nSPS) is 10.7. The Hall–Kier alpha value is -2.03. The number of rotatable bonds is 3. The van der Waals surface area contributed by atoms with E-state index in [2.05, 4.69) is 21.0 Å². The lowest BCUT2D eigenvalue weighted by Gasteiger charge is -2.07. The SMILES string of the molecule is Cc1nn(C)c(Oc2cc(Br)cc(F)c2F)c1[N+](=O)[O-]. The van der Waals surface area contributed by atoms with Crippen molar-refractivity contribution in [3.05, 3.63) is 44.0 Å². The topological polar surface area (TPSA) is 70.2 Å². The van der Waals surface area contributed by atoms with E-state index < -0.39 is 28.0 Å². The van der Waals surface area contributed by atoms with Crippen LogP contribution in [-0.2, 0) is 7.05 Å². The second kappa shape index (κ2) is 5.16. The number of hydrogen-bond acceptors (Lipinski definition) is 4. The van der Waals surface area contributed by atoms with Gasteiger partial charge in [-0.15, -0.1) is 0 Å². The molecule has 0 N–H and O–H groups in total. The second-order valence-corrected chi connectivity index (χ2v) is 4.84. The molecule has 0 atom stereocenters. The number of nitrogens with zero attached hydrogens (tertiary/aromatic N) is 3. The number of nitro groups is 1. The first kappa shape index (κ1) is 14.4. The highest BCUT2D eigenvalue weighted by atomic mass is 79.9. The summed E-state index contributed by atoms with van der Waals surface area (Å²) in [5, 5.41) is 14.8. The summed E-state index contributed by atoms with van der Waals surface area (Å²) in [7, 11) is 1.40. The molecule has 0 aliphatic heterocycles. The number of halogens is 3. The van der Waals surface area contributed by atoms with Gasteiger partial charge in [-0.25, -0.2) is 9.07 Å². The minimum atomic E-state index is -1.23. The lowest BCUT2D eigenvalue weighted by Crippen LogP contribution is -2.00. The predicted octanol–water partition coefficient (Wildman–Crippen LogP) is 3.47. The Morgan fingerprint density at radius 3 is 2.70 bits per heavy atom. The molecule has 0 aliphatic carbocycles. The van der Waals surface area contributed by atoms with Gasteiger partial charge in [0, 0.05) is 11.5 Å². The average molecular weight is 348 g/mol. The molecule has 106 valence electrons. The molecule has 1 heterocycles. The second-order valence-electron chi connectivity index (χ2n) is 3.92. The van der Waals surface area contributed by atoms with Crippen molar-refractivity contribution in [1.29, 1.82) is 0 Å². The van der Waals surface area contributed by atoms with Crippen molar-refractivity contribution in [2.45, 2.75) is 6.92 Å². The fraction of sp³-hybridized carbons (Fsp3) is 0.182. The van der Waals surface area contributed by atoms with Crippen molar-refractivity contribution in [3.8, 4) is 11.6 Å². The van der Waals surface area contributed by atoms with Gasteiger partial charge in [-0.2, -0.15) is 9.49 Å². The summed E-state index contributed by atoms with van der Waals surface area (Å²) >= 11 is 2.99. The fourth-order valence-electron chi connectivity index (χ4n) is 1.66. The van der Waals surface area contributed by atoms with Gasteiger partial charge in [0.2, 0.25) is 5.82 Å². The van der Waals surface area contributed by atoms with Gasteiger partial charge in [0.1, 0.15) is 5.69 Å². The number of ether oxygens (including phenoxy) is 1. The Labute approximate surface area is 120 Å². The van der Waals surface area contributed by atoms with E-state index >= 15 is 0 Å². The van der Waals surface area contributed by atoms with Crippen LogP contribution in [0.2, 0.25) is 0 Å².